The number of anilines is 2. The number of hydrogen-bond donors (Lipinski definition) is 2. The number of benzene rings is 1. The molecule has 0 radical (unpaired) electrons. The Morgan fingerprint density at radius 2 is 2.08 bits per heavy atom. The Balaban J connectivity index is 2.02. The molecule has 2 aromatic heterocycles. The van der Waals surface area contributed by atoms with Crippen molar-refractivity contribution in [2.45, 2.75) is 26.4 Å². The number of phenols is 1. The summed E-state index contributed by atoms with van der Waals surface area (Å²) >= 11 is 0. The number of alkyl halides is 1. The van der Waals surface area contributed by atoms with E-state index in [1.165, 1.54) is 6.33 Å². The molecular weight excluding hydrogens is 333 g/mol. The molecule has 0 spiro atoms. The van der Waals surface area contributed by atoms with Crippen LogP contribution in [0.3, 0.4) is 0 Å². The van der Waals surface area contributed by atoms with Crippen LogP contribution in [-0.4, -0.2) is 39.3 Å². The molecule has 0 aliphatic carbocycles. The first-order chi connectivity index (χ1) is 12.5. The van der Waals surface area contributed by atoms with Crippen LogP contribution >= 0.6 is 0 Å². The summed E-state index contributed by atoms with van der Waals surface area (Å²) in [4.78, 5) is 15.2. The molecular formula is C19H20FN5O. The standard InChI is InChI=1S/C19H20FN5O/c1-10-3-4-14(26)11(2)16(10)18-17-13(19(21)23-9-22-17)7-15(24-18)25-6-5-12(20)8-25/h3-4,7,9,12,26H,5-6,8H2,1-2H3,(H2,21,22,23)/t12-/m1/s1. The van der Waals surface area contributed by atoms with Gasteiger partial charge >= 0.3 is 0 Å². The molecule has 1 aromatic carbocycles. The van der Waals surface area contributed by atoms with Crippen molar-refractivity contribution < 1.29 is 9.50 Å². The average molecular weight is 353 g/mol. The molecule has 1 saturated heterocycles. The van der Waals surface area contributed by atoms with E-state index >= 15 is 0 Å². The highest BCUT2D eigenvalue weighted by Crippen LogP contribution is 2.37. The Morgan fingerprint density at radius 3 is 2.81 bits per heavy atom. The Labute approximate surface area is 150 Å². The first-order valence-corrected chi connectivity index (χ1v) is 8.55. The fraction of sp³-hybridized carbons (Fsp3) is 0.316. The van der Waals surface area contributed by atoms with Crippen LogP contribution in [0.25, 0.3) is 22.2 Å². The summed E-state index contributed by atoms with van der Waals surface area (Å²) in [6.45, 7) is 4.71. The van der Waals surface area contributed by atoms with Gasteiger partial charge in [-0.25, -0.2) is 19.3 Å². The quantitative estimate of drug-likeness (QED) is 0.736. The Bertz CT molecular complexity index is 1010. The summed E-state index contributed by atoms with van der Waals surface area (Å²) in [5, 5.41) is 10.9. The zero-order chi connectivity index (χ0) is 18.4. The van der Waals surface area contributed by atoms with E-state index in [1.54, 1.807) is 6.07 Å². The molecule has 1 aliphatic heterocycles. The van der Waals surface area contributed by atoms with E-state index in [0.29, 0.717) is 47.7 Å². The van der Waals surface area contributed by atoms with E-state index in [9.17, 15) is 9.50 Å². The molecule has 134 valence electrons. The highest BCUT2D eigenvalue weighted by molar-refractivity contribution is 5.99. The third kappa shape index (κ3) is 2.60. The number of halogens is 1. The van der Waals surface area contributed by atoms with Crippen LogP contribution in [0.4, 0.5) is 16.0 Å². The maximum Gasteiger partial charge on any atom is 0.134 e. The van der Waals surface area contributed by atoms with Gasteiger partial charge in [0.25, 0.3) is 0 Å². The lowest BCUT2D eigenvalue weighted by molar-refractivity contribution is 0.364. The average Bonchev–Trinajstić information content (AvgIpc) is 3.05. The molecule has 0 amide bonds. The largest absolute Gasteiger partial charge is 0.508 e. The second-order valence-corrected chi connectivity index (χ2v) is 6.72. The minimum atomic E-state index is -0.857. The number of nitrogens with zero attached hydrogens (tertiary/aromatic N) is 4. The van der Waals surface area contributed by atoms with Crippen molar-refractivity contribution in [2.75, 3.05) is 23.7 Å². The van der Waals surface area contributed by atoms with E-state index < -0.39 is 6.17 Å². The smallest absolute Gasteiger partial charge is 0.134 e. The predicted octanol–water partition coefficient (Wildman–Crippen LogP) is 3.14. The maximum atomic E-state index is 13.7. The number of hydrogen-bond acceptors (Lipinski definition) is 6. The summed E-state index contributed by atoms with van der Waals surface area (Å²) in [5.41, 5.74) is 9.82. The van der Waals surface area contributed by atoms with E-state index in [0.717, 1.165) is 16.7 Å². The topological polar surface area (TPSA) is 88.2 Å². The molecule has 0 bridgehead atoms. The fourth-order valence-corrected chi connectivity index (χ4v) is 3.53. The van der Waals surface area contributed by atoms with Gasteiger partial charge in [-0.15, -0.1) is 0 Å². The van der Waals surface area contributed by atoms with Crippen LogP contribution in [0.5, 0.6) is 5.75 Å². The molecule has 3 N–H and O–H groups in total. The van der Waals surface area contributed by atoms with Gasteiger partial charge in [-0.3, -0.25) is 0 Å². The first kappa shape index (κ1) is 16.5. The molecule has 3 heterocycles. The second-order valence-electron chi connectivity index (χ2n) is 6.72. The van der Waals surface area contributed by atoms with E-state index in [1.807, 2.05) is 30.9 Å². The Kier molecular flexibility index (Phi) is 3.86. The Hall–Kier alpha value is -2.96. The lowest BCUT2D eigenvalue weighted by atomic mass is 9.97. The number of aromatic hydroxyl groups is 1. The zero-order valence-electron chi connectivity index (χ0n) is 14.7. The van der Waals surface area contributed by atoms with Crippen LogP contribution in [0.1, 0.15) is 17.5 Å². The highest BCUT2D eigenvalue weighted by Gasteiger charge is 2.25. The third-order valence-electron chi connectivity index (χ3n) is 4.98. The normalized spacial score (nSPS) is 17.2. The molecule has 0 unspecified atom stereocenters. The molecule has 3 aromatic rings. The van der Waals surface area contributed by atoms with Crippen LogP contribution in [0.2, 0.25) is 0 Å². The number of rotatable bonds is 2. The number of nitrogen functional groups attached to an aromatic ring is 1. The van der Waals surface area contributed by atoms with Gasteiger partial charge in [-0.2, -0.15) is 0 Å². The van der Waals surface area contributed by atoms with Crippen molar-refractivity contribution in [3.05, 3.63) is 35.7 Å². The van der Waals surface area contributed by atoms with Gasteiger partial charge in [-0.1, -0.05) is 6.07 Å². The number of nitrogens with two attached hydrogens (primary N) is 1. The van der Waals surface area contributed by atoms with Gasteiger partial charge in [0.05, 0.1) is 12.2 Å². The van der Waals surface area contributed by atoms with Crippen LogP contribution in [0, 0.1) is 13.8 Å². The highest BCUT2D eigenvalue weighted by atomic mass is 19.1. The number of pyridine rings is 1. The SMILES string of the molecule is Cc1ccc(O)c(C)c1-c1nc(N2CC[C@@H](F)C2)cc2c(N)ncnc12. The number of aryl methyl sites for hydroxylation is 1. The Morgan fingerprint density at radius 1 is 1.27 bits per heavy atom. The molecule has 1 atom stereocenters. The fourth-order valence-electron chi connectivity index (χ4n) is 3.53. The van der Waals surface area contributed by atoms with Crippen molar-refractivity contribution >= 4 is 22.5 Å². The van der Waals surface area contributed by atoms with Gasteiger partial charge in [0.15, 0.2) is 0 Å². The van der Waals surface area contributed by atoms with Gasteiger partial charge in [-0.05, 0) is 38.0 Å². The van der Waals surface area contributed by atoms with Crippen molar-refractivity contribution in [3.8, 4) is 17.0 Å². The maximum absolute atomic E-state index is 13.7. The monoisotopic (exact) mass is 353 g/mol. The molecule has 7 heteroatoms. The summed E-state index contributed by atoms with van der Waals surface area (Å²) in [7, 11) is 0. The molecule has 1 aliphatic rings. The van der Waals surface area contributed by atoms with Crippen molar-refractivity contribution in [1.29, 1.82) is 0 Å². The third-order valence-corrected chi connectivity index (χ3v) is 4.98. The number of phenolic OH excluding ortho intramolecular Hbond substituents is 1. The summed E-state index contributed by atoms with van der Waals surface area (Å²) in [6, 6.07) is 5.33. The lowest BCUT2D eigenvalue weighted by Gasteiger charge is -2.20. The molecule has 1 fully saturated rings. The number of fused-ring (bicyclic) bond motifs is 1. The van der Waals surface area contributed by atoms with Gasteiger partial charge in [0.1, 0.15) is 35.4 Å². The van der Waals surface area contributed by atoms with Crippen LogP contribution < -0.4 is 10.6 Å². The van der Waals surface area contributed by atoms with Crippen LogP contribution in [-0.2, 0) is 0 Å². The van der Waals surface area contributed by atoms with E-state index in [2.05, 4.69) is 9.97 Å². The summed E-state index contributed by atoms with van der Waals surface area (Å²) < 4.78 is 13.7. The molecule has 6 nitrogen and oxygen atoms in total. The molecule has 4 rings (SSSR count). The van der Waals surface area contributed by atoms with E-state index in [4.69, 9.17) is 10.7 Å². The zero-order valence-corrected chi connectivity index (χ0v) is 14.7. The van der Waals surface area contributed by atoms with Gasteiger partial charge in [0.2, 0.25) is 0 Å². The summed E-state index contributed by atoms with van der Waals surface area (Å²) in [6.07, 6.45) is 1.04. The van der Waals surface area contributed by atoms with Gasteiger partial charge < -0.3 is 15.7 Å². The summed E-state index contributed by atoms with van der Waals surface area (Å²) in [5.74, 6) is 1.20. The molecule has 26 heavy (non-hydrogen) atoms. The van der Waals surface area contributed by atoms with Crippen LogP contribution in [0.15, 0.2) is 24.5 Å². The van der Waals surface area contributed by atoms with E-state index in [-0.39, 0.29) is 5.75 Å². The number of aromatic nitrogens is 3. The van der Waals surface area contributed by atoms with Crippen molar-refractivity contribution in [3.63, 3.8) is 0 Å². The minimum Gasteiger partial charge on any atom is -0.508 e. The van der Waals surface area contributed by atoms with Crippen molar-refractivity contribution in [2.24, 2.45) is 0 Å². The predicted molar refractivity (Wildman–Crippen MR) is 100 cm³/mol. The molecule has 0 saturated carbocycles. The minimum absolute atomic E-state index is 0.193. The lowest BCUT2D eigenvalue weighted by Crippen LogP contribution is -2.21. The van der Waals surface area contributed by atoms with Gasteiger partial charge in [0, 0.05) is 23.1 Å². The first-order valence-electron chi connectivity index (χ1n) is 8.55. The van der Waals surface area contributed by atoms with Crippen molar-refractivity contribution in [1.82, 2.24) is 15.0 Å². The second kappa shape index (κ2) is 6.09.